The number of ether oxygens (including phenoxy) is 2. The van der Waals surface area contributed by atoms with Crippen LogP contribution in [0.25, 0.3) is 0 Å². The first-order valence-corrected chi connectivity index (χ1v) is 8.75. The van der Waals surface area contributed by atoms with Crippen LogP contribution in [-0.4, -0.2) is 49.5 Å². The van der Waals surface area contributed by atoms with Crippen molar-refractivity contribution in [1.82, 2.24) is 10.6 Å². The molecule has 6 nitrogen and oxygen atoms in total. The SMILES string of the molecule is COc1ccc(CNC(=O)NC[C@@](C)(O)CCSC)cc1OC. The van der Waals surface area contributed by atoms with Crippen molar-refractivity contribution in [3.8, 4) is 11.5 Å². The highest BCUT2D eigenvalue weighted by Gasteiger charge is 2.20. The molecule has 23 heavy (non-hydrogen) atoms. The fourth-order valence-electron chi connectivity index (χ4n) is 1.92. The molecule has 0 aliphatic carbocycles. The van der Waals surface area contributed by atoms with E-state index in [0.29, 0.717) is 24.5 Å². The third kappa shape index (κ3) is 7.00. The highest BCUT2D eigenvalue weighted by Crippen LogP contribution is 2.27. The number of nitrogens with one attached hydrogen (secondary N) is 2. The summed E-state index contributed by atoms with van der Waals surface area (Å²) < 4.78 is 10.4. The van der Waals surface area contributed by atoms with Crippen molar-refractivity contribution in [2.45, 2.75) is 25.5 Å². The van der Waals surface area contributed by atoms with Gasteiger partial charge in [0.15, 0.2) is 11.5 Å². The average Bonchev–Trinajstić information content (AvgIpc) is 2.56. The molecule has 1 rings (SSSR count). The van der Waals surface area contributed by atoms with Crippen LogP contribution in [0.2, 0.25) is 0 Å². The first-order chi connectivity index (χ1) is 10.9. The van der Waals surface area contributed by atoms with Gasteiger partial charge < -0.3 is 25.2 Å². The molecule has 3 N–H and O–H groups in total. The van der Waals surface area contributed by atoms with Gasteiger partial charge in [0.2, 0.25) is 0 Å². The summed E-state index contributed by atoms with van der Waals surface area (Å²) >= 11 is 1.67. The minimum atomic E-state index is -0.899. The third-order valence-electron chi connectivity index (χ3n) is 3.38. The number of aliphatic hydroxyl groups is 1. The lowest BCUT2D eigenvalue weighted by molar-refractivity contribution is 0.0594. The highest BCUT2D eigenvalue weighted by atomic mass is 32.2. The second kappa shape index (κ2) is 9.52. The van der Waals surface area contributed by atoms with Crippen LogP contribution in [0.4, 0.5) is 4.79 Å². The van der Waals surface area contributed by atoms with Crippen LogP contribution < -0.4 is 20.1 Å². The minimum absolute atomic E-state index is 0.214. The first kappa shape index (κ1) is 19.4. The van der Waals surface area contributed by atoms with E-state index < -0.39 is 5.60 Å². The Balaban J connectivity index is 2.44. The predicted molar refractivity (Wildman–Crippen MR) is 93.4 cm³/mol. The normalized spacial score (nSPS) is 13.1. The molecule has 1 aromatic rings. The quantitative estimate of drug-likeness (QED) is 0.640. The Kier molecular flexibility index (Phi) is 8.05. The number of carbonyl (C=O) groups is 1. The van der Waals surface area contributed by atoms with Gasteiger partial charge in [-0.2, -0.15) is 11.8 Å². The van der Waals surface area contributed by atoms with Crippen molar-refractivity contribution in [2.75, 3.05) is 32.8 Å². The number of rotatable bonds is 9. The Morgan fingerprint density at radius 2 is 1.96 bits per heavy atom. The van der Waals surface area contributed by atoms with Crippen LogP contribution >= 0.6 is 11.8 Å². The van der Waals surface area contributed by atoms with Crippen LogP contribution in [0.3, 0.4) is 0 Å². The van der Waals surface area contributed by atoms with E-state index in [9.17, 15) is 9.90 Å². The number of hydrogen-bond donors (Lipinski definition) is 3. The van der Waals surface area contributed by atoms with E-state index in [1.54, 1.807) is 39.0 Å². The molecule has 0 aromatic heterocycles. The van der Waals surface area contributed by atoms with Crippen LogP contribution in [-0.2, 0) is 6.54 Å². The molecular weight excluding hydrogens is 316 g/mol. The molecule has 0 saturated heterocycles. The van der Waals surface area contributed by atoms with E-state index in [1.807, 2.05) is 18.4 Å². The van der Waals surface area contributed by atoms with E-state index in [2.05, 4.69) is 10.6 Å². The van der Waals surface area contributed by atoms with Gasteiger partial charge in [-0.3, -0.25) is 0 Å². The molecule has 7 heteroatoms. The van der Waals surface area contributed by atoms with Gasteiger partial charge >= 0.3 is 6.03 Å². The van der Waals surface area contributed by atoms with Crippen molar-refractivity contribution in [1.29, 1.82) is 0 Å². The van der Waals surface area contributed by atoms with Crippen LogP contribution in [0.1, 0.15) is 18.9 Å². The second-order valence-corrected chi connectivity index (χ2v) is 6.45. The molecule has 130 valence electrons. The summed E-state index contributed by atoms with van der Waals surface area (Å²) in [6, 6.07) is 5.15. The van der Waals surface area contributed by atoms with Gasteiger partial charge in [-0.1, -0.05) is 6.07 Å². The Hall–Kier alpha value is -1.60. The number of methoxy groups -OCH3 is 2. The number of urea groups is 1. The molecule has 2 amide bonds. The lowest BCUT2D eigenvalue weighted by Crippen LogP contribution is -2.44. The lowest BCUT2D eigenvalue weighted by atomic mass is 10.0. The fourth-order valence-corrected chi connectivity index (χ4v) is 2.56. The molecule has 0 fully saturated rings. The Labute approximate surface area is 141 Å². The summed E-state index contributed by atoms with van der Waals surface area (Å²) in [5.41, 5.74) is -0.00381. The summed E-state index contributed by atoms with van der Waals surface area (Å²) in [5, 5.41) is 15.6. The first-order valence-electron chi connectivity index (χ1n) is 7.36. The monoisotopic (exact) mass is 342 g/mol. The van der Waals surface area contributed by atoms with Crippen LogP contribution in [0.5, 0.6) is 11.5 Å². The van der Waals surface area contributed by atoms with Crippen molar-refractivity contribution in [2.24, 2.45) is 0 Å². The molecule has 1 atom stereocenters. The zero-order valence-corrected chi connectivity index (χ0v) is 15.0. The van der Waals surface area contributed by atoms with Crippen molar-refractivity contribution in [3.63, 3.8) is 0 Å². The van der Waals surface area contributed by atoms with Gasteiger partial charge in [-0.25, -0.2) is 4.79 Å². The predicted octanol–water partition coefficient (Wildman–Crippen LogP) is 2.01. The standard InChI is InChI=1S/C16H26N2O4S/c1-16(20,7-8-23-4)11-18-15(19)17-10-12-5-6-13(21-2)14(9-12)22-3/h5-6,9,20H,7-8,10-11H2,1-4H3,(H2,17,18,19)/t16-/m0/s1. The van der Waals surface area contributed by atoms with Gasteiger partial charge in [0.25, 0.3) is 0 Å². The van der Waals surface area contributed by atoms with E-state index in [1.165, 1.54) is 0 Å². The molecule has 0 heterocycles. The third-order valence-corrected chi connectivity index (χ3v) is 3.99. The molecule has 0 bridgehead atoms. The minimum Gasteiger partial charge on any atom is -0.493 e. The summed E-state index contributed by atoms with van der Waals surface area (Å²) in [4.78, 5) is 11.8. The lowest BCUT2D eigenvalue weighted by Gasteiger charge is -2.23. The van der Waals surface area contributed by atoms with Gasteiger partial charge in [0.05, 0.1) is 19.8 Å². The maximum atomic E-state index is 11.8. The zero-order chi connectivity index (χ0) is 17.3. The number of hydrogen-bond acceptors (Lipinski definition) is 5. The van der Waals surface area contributed by atoms with Gasteiger partial charge in [-0.15, -0.1) is 0 Å². The van der Waals surface area contributed by atoms with Gasteiger partial charge in [0.1, 0.15) is 0 Å². The fraction of sp³-hybridized carbons (Fsp3) is 0.562. The van der Waals surface area contributed by atoms with Crippen molar-refractivity contribution >= 4 is 17.8 Å². The van der Waals surface area contributed by atoms with Crippen molar-refractivity contribution in [3.05, 3.63) is 23.8 Å². The zero-order valence-electron chi connectivity index (χ0n) is 14.1. The number of carbonyl (C=O) groups excluding carboxylic acids is 1. The number of thioether (sulfide) groups is 1. The smallest absolute Gasteiger partial charge is 0.315 e. The molecule has 1 aromatic carbocycles. The van der Waals surface area contributed by atoms with Crippen LogP contribution in [0, 0.1) is 0 Å². The molecule has 0 spiro atoms. The summed E-state index contributed by atoms with van der Waals surface area (Å²) in [7, 11) is 3.14. The van der Waals surface area contributed by atoms with Crippen LogP contribution in [0.15, 0.2) is 18.2 Å². The molecule has 0 aliphatic heterocycles. The summed E-state index contributed by atoms with van der Waals surface area (Å²) in [6.07, 6.45) is 2.61. The topological polar surface area (TPSA) is 79.8 Å². The largest absolute Gasteiger partial charge is 0.493 e. The Bertz CT molecular complexity index is 509. The Morgan fingerprint density at radius 3 is 2.57 bits per heavy atom. The molecular formula is C16H26N2O4S. The van der Waals surface area contributed by atoms with E-state index in [0.717, 1.165) is 11.3 Å². The van der Waals surface area contributed by atoms with E-state index >= 15 is 0 Å². The van der Waals surface area contributed by atoms with E-state index in [4.69, 9.17) is 9.47 Å². The number of amides is 2. The number of benzene rings is 1. The molecule has 0 radical (unpaired) electrons. The second-order valence-electron chi connectivity index (χ2n) is 5.47. The summed E-state index contributed by atoms with van der Waals surface area (Å²) in [5.74, 6) is 2.11. The summed E-state index contributed by atoms with van der Waals surface area (Å²) in [6.45, 7) is 2.29. The Morgan fingerprint density at radius 1 is 1.26 bits per heavy atom. The molecule has 0 saturated carbocycles. The van der Waals surface area contributed by atoms with Gasteiger partial charge in [-0.05, 0) is 43.0 Å². The van der Waals surface area contributed by atoms with Gasteiger partial charge in [0, 0.05) is 13.1 Å². The van der Waals surface area contributed by atoms with E-state index in [-0.39, 0.29) is 12.6 Å². The highest BCUT2D eigenvalue weighted by molar-refractivity contribution is 7.98. The molecule has 0 aliphatic rings. The molecule has 0 unspecified atom stereocenters. The maximum absolute atomic E-state index is 11.8. The van der Waals surface area contributed by atoms with Crippen molar-refractivity contribution < 1.29 is 19.4 Å². The maximum Gasteiger partial charge on any atom is 0.315 e. The average molecular weight is 342 g/mol.